The summed E-state index contributed by atoms with van der Waals surface area (Å²) in [5, 5.41) is 3.35. The Hall–Kier alpha value is -0.0800. The van der Waals surface area contributed by atoms with Gasteiger partial charge in [0.05, 0.1) is 5.60 Å². The summed E-state index contributed by atoms with van der Waals surface area (Å²) in [5.74, 6) is 0. The molecule has 0 bridgehead atoms. The lowest BCUT2D eigenvalue weighted by Gasteiger charge is -2.21. The van der Waals surface area contributed by atoms with E-state index in [0.717, 1.165) is 13.0 Å². The van der Waals surface area contributed by atoms with Gasteiger partial charge in [-0.1, -0.05) is 13.3 Å². The van der Waals surface area contributed by atoms with E-state index in [1.54, 1.807) is 0 Å². The van der Waals surface area contributed by atoms with Gasteiger partial charge in [-0.15, -0.1) is 0 Å². The molecule has 0 saturated carbocycles. The van der Waals surface area contributed by atoms with Gasteiger partial charge in [-0.3, -0.25) is 0 Å². The highest BCUT2D eigenvalue weighted by Crippen LogP contribution is 2.09. The van der Waals surface area contributed by atoms with Gasteiger partial charge in [-0.25, -0.2) is 0 Å². The Bertz CT molecular complexity index is 129. The topological polar surface area (TPSA) is 21.3 Å². The van der Waals surface area contributed by atoms with Crippen LogP contribution in [0.15, 0.2) is 0 Å². The molecule has 0 saturated heterocycles. The normalized spacial score (nSPS) is 14.4. The summed E-state index contributed by atoms with van der Waals surface area (Å²) in [5.41, 5.74) is 0.0138. The Morgan fingerprint density at radius 2 is 1.86 bits per heavy atom. The predicted molar refractivity (Wildman–Crippen MR) is 62.7 cm³/mol. The molecule has 86 valence electrons. The van der Waals surface area contributed by atoms with Crippen molar-refractivity contribution >= 4 is 0 Å². The van der Waals surface area contributed by atoms with Gasteiger partial charge < -0.3 is 10.1 Å². The molecule has 0 heterocycles. The molecule has 1 atom stereocenters. The van der Waals surface area contributed by atoms with E-state index in [-0.39, 0.29) is 5.60 Å². The molecule has 1 unspecified atom stereocenters. The van der Waals surface area contributed by atoms with E-state index in [9.17, 15) is 0 Å². The molecule has 0 rings (SSSR count). The lowest BCUT2D eigenvalue weighted by atomic mass is 10.1. The number of ether oxygens (including phenoxy) is 1. The van der Waals surface area contributed by atoms with Crippen molar-refractivity contribution in [1.29, 1.82) is 0 Å². The molecule has 0 fully saturated rings. The molecule has 0 radical (unpaired) electrons. The van der Waals surface area contributed by atoms with Crippen molar-refractivity contribution in [3.05, 3.63) is 0 Å². The van der Waals surface area contributed by atoms with Crippen LogP contribution < -0.4 is 5.32 Å². The van der Waals surface area contributed by atoms with Gasteiger partial charge in [-0.05, 0) is 47.1 Å². The smallest absolute Gasteiger partial charge is 0.0598 e. The zero-order chi connectivity index (χ0) is 11.0. The average Bonchev–Trinajstić information content (AvgIpc) is 2.08. The molecular formula is C12H27NO. The molecule has 0 aromatic rings. The van der Waals surface area contributed by atoms with Gasteiger partial charge in [0.2, 0.25) is 0 Å². The number of hydrogen-bond donors (Lipinski definition) is 1. The molecule has 0 amide bonds. The fourth-order valence-electron chi connectivity index (χ4n) is 1.49. The molecule has 2 nitrogen and oxygen atoms in total. The maximum atomic E-state index is 5.67. The van der Waals surface area contributed by atoms with Gasteiger partial charge in [0.25, 0.3) is 0 Å². The van der Waals surface area contributed by atoms with E-state index in [2.05, 4.69) is 33.0 Å². The van der Waals surface area contributed by atoms with Gasteiger partial charge in [-0.2, -0.15) is 0 Å². The second kappa shape index (κ2) is 7.24. The number of nitrogens with one attached hydrogen (secondary N) is 1. The highest BCUT2D eigenvalue weighted by atomic mass is 16.5. The quantitative estimate of drug-likeness (QED) is 0.639. The second-order valence-corrected chi connectivity index (χ2v) is 4.88. The van der Waals surface area contributed by atoms with Crippen LogP contribution in [0.3, 0.4) is 0 Å². The van der Waals surface area contributed by atoms with E-state index in [0.29, 0.717) is 6.04 Å². The Balaban J connectivity index is 3.42. The predicted octanol–water partition coefficient (Wildman–Crippen LogP) is 2.97. The molecule has 0 spiro atoms. The Kier molecular flexibility index (Phi) is 7.20. The second-order valence-electron chi connectivity index (χ2n) is 4.88. The summed E-state index contributed by atoms with van der Waals surface area (Å²) in [7, 11) is 2.05. The minimum absolute atomic E-state index is 0.0138. The molecule has 1 N–H and O–H groups in total. The fourth-order valence-corrected chi connectivity index (χ4v) is 1.49. The molecule has 0 aromatic carbocycles. The third kappa shape index (κ3) is 8.52. The van der Waals surface area contributed by atoms with Crippen LogP contribution in [-0.4, -0.2) is 25.3 Å². The first-order chi connectivity index (χ1) is 6.49. The van der Waals surface area contributed by atoms with Crippen molar-refractivity contribution in [3.8, 4) is 0 Å². The van der Waals surface area contributed by atoms with Crippen molar-refractivity contribution in [3.63, 3.8) is 0 Å². The third-order valence-corrected chi connectivity index (χ3v) is 2.28. The van der Waals surface area contributed by atoms with Crippen molar-refractivity contribution in [2.75, 3.05) is 13.7 Å². The SMILES string of the molecule is CCCC(CCCOC(C)(C)C)NC. The highest BCUT2D eigenvalue weighted by molar-refractivity contribution is 4.64. The number of rotatable bonds is 7. The van der Waals surface area contributed by atoms with Crippen molar-refractivity contribution in [1.82, 2.24) is 5.32 Å². The average molecular weight is 201 g/mol. The zero-order valence-electron chi connectivity index (χ0n) is 10.5. The van der Waals surface area contributed by atoms with Crippen LogP contribution in [0.5, 0.6) is 0 Å². The minimum Gasteiger partial charge on any atom is -0.376 e. The van der Waals surface area contributed by atoms with E-state index >= 15 is 0 Å². The summed E-state index contributed by atoms with van der Waals surface area (Å²) < 4.78 is 5.67. The first-order valence-corrected chi connectivity index (χ1v) is 5.81. The maximum absolute atomic E-state index is 5.67. The number of hydrogen-bond acceptors (Lipinski definition) is 2. The van der Waals surface area contributed by atoms with Gasteiger partial charge in [0.1, 0.15) is 0 Å². The van der Waals surface area contributed by atoms with E-state index in [1.807, 2.05) is 7.05 Å². The molecule has 2 heteroatoms. The van der Waals surface area contributed by atoms with Gasteiger partial charge in [0, 0.05) is 12.6 Å². The van der Waals surface area contributed by atoms with Crippen LogP contribution in [0.2, 0.25) is 0 Å². The Morgan fingerprint density at radius 1 is 1.21 bits per heavy atom. The lowest BCUT2D eigenvalue weighted by Crippen LogP contribution is -2.26. The summed E-state index contributed by atoms with van der Waals surface area (Å²) in [6, 6.07) is 0.670. The van der Waals surface area contributed by atoms with Crippen LogP contribution in [-0.2, 0) is 4.74 Å². The first-order valence-electron chi connectivity index (χ1n) is 5.81. The third-order valence-electron chi connectivity index (χ3n) is 2.28. The standard InChI is InChI=1S/C12H27NO/c1-6-8-11(13-5)9-7-10-14-12(2,3)4/h11,13H,6-10H2,1-5H3. The molecule has 0 aliphatic rings. The lowest BCUT2D eigenvalue weighted by molar-refractivity contribution is -0.00538. The highest BCUT2D eigenvalue weighted by Gasteiger charge is 2.10. The molecule has 0 aliphatic carbocycles. The van der Waals surface area contributed by atoms with Crippen LogP contribution in [0.25, 0.3) is 0 Å². The van der Waals surface area contributed by atoms with Crippen LogP contribution in [0, 0.1) is 0 Å². The van der Waals surface area contributed by atoms with Crippen LogP contribution in [0.4, 0.5) is 0 Å². The molecule has 0 aliphatic heterocycles. The first kappa shape index (κ1) is 13.9. The van der Waals surface area contributed by atoms with Crippen LogP contribution >= 0.6 is 0 Å². The van der Waals surface area contributed by atoms with Crippen molar-refractivity contribution < 1.29 is 4.74 Å². The largest absolute Gasteiger partial charge is 0.376 e. The molecular weight excluding hydrogens is 174 g/mol. The summed E-state index contributed by atoms with van der Waals surface area (Å²) in [6.07, 6.45) is 4.90. The van der Waals surface area contributed by atoms with Crippen molar-refractivity contribution in [2.45, 2.75) is 65.0 Å². The Morgan fingerprint density at radius 3 is 2.29 bits per heavy atom. The monoisotopic (exact) mass is 201 g/mol. The summed E-state index contributed by atoms with van der Waals surface area (Å²) in [4.78, 5) is 0. The van der Waals surface area contributed by atoms with E-state index < -0.39 is 0 Å². The summed E-state index contributed by atoms with van der Waals surface area (Å²) in [6.45, 7) is 9.43. The Labute approximate surface area is 89.4 Å². The van der Waals surface area contributed by atoms with Gasteiger partial charge >= 0.3 is 0 Å². The molecule has 0 aromatic heterocycles. The van der Waals surface area contributed by atoms with Gasteiger partial charge in [0.15, 0.2) is 0 Å². The molecule has 14 heavy (non-hydrogen) atoms. The summed E-state index contributed by atoms with van der Waals surface area (Å²) >= 11 is 0. The maximum Gasteiger partial charge on any atom is 0.0598 e. The van der Waals surface area contributed by atoms with Crippen molar-refractivity contribution in [2.24, 2.45) is 0 Å². The van der Waals surface area contributed by atoms with E-state index in [4.69, 9.17) is 4.74 Å². The zero-order valence-corrected chi connectivity index (χ0v) is 10.5. The van der Waals surface area contributed by atoms with Crippen LogP contribution in [0.1, 0.15) is 53.4 Å². The fraction of sp³-hybridized carbons (Fsp3) is 1.00. The minimum atomic E-state index is 0.0138. The van der Waals surface area contributed by atoms with E-state index in [1.165, 1.54) is 19.3 Å².